The third-order valence-corrected chi connectivity index (χ3v) is 2.74. The minimum Gasteiger partial charge on any atom is -0.497 e. The van der Waals surface area contributed by atoms with Crippen molar-refractivity contribution in [2.45, 2.75) is 6.42 Å². The maximum Gasteiger partial charge on any atom is 0.119 e. The zero-order valence-corrected chi connectivity index (χ0v) is 10.2. The van der Waals surface area contributed by atoms with Crippen molar-refractivity contribution in [3.8, 4) is 17.0 Å². The fourth-order valence-electron chi connectivity index (χ4n) is 1.81. The van der Waals surface area contributed by atoms with Gasteiger partial charge in [0.15, 0.2) is 0 Å². The second kappa shape index (κ2) is 5.01. The summed E-state index contributed by atoms with van der Waals surface area (Å²) in [5.41, 5.74) is 8.72. The molecule has 2 rings (SSSR count). The van der Waals surface area contributed by atoms with Crippen LogP contribution in [0.2, 0.25) is 0 Å². The lowest BCUT2D eigenvalue weighted by Crippen LogP contribution is -2.06. The Morgan fingerprint density at radius 3 is 2.88 bits per heavy atom. The van der Waals surface area contributed by atoms with E-state index in [0.717, 1.165) is 29.1 Å². The maximum atomic E-state index is 5.56. The minimum atomic E-state index is 0.636. The number of nitrogens with two attached hydrogens (primary N) is 1. The van der Waals surface area contributed by atoms with Crippen LogP contribution in [0, 0.1) is 0 Å². The van der Waals surface area contributed by atoms with E-state index in [4.69, 9.17) is 10.5 Å². The van der Waals surface area contributed by atoms with E-state index in [-0.39, 0.29) is 0 Å². The summed E-state index contributed by atoms with van der Waals surface area (Å²) in [5.74, 6) is 0.841. The van der Waals surface area contributed by atoms with E-state index in [9.17, 15) is 0 Å². The molecule has 1 aromatic carbocycles. The van der Waals surface area contributed by atoms with Gasteiger partial charge < -0.3 is 10.5 Å². The monoisotopic (exact) mass is 231 g/mol. The van der Waals surface area contributed by atoms with Gasteiger partial charge in [-0.3, -0.25) is 4.68 Å². The molecule has 0 bridgehead atoms. The fraction of sp³-hybridized carbons (Fsp3) is 0.308. The van der Waals surface area contributed by atoms with E-state index in [2.05, 4.69) is 11.2 Å². The number of benzene rings is 1. The number of hydrogen-bond donors (Lipinski definition) is 1. The topological polar surface area (TPSA) is 53.1 Å². The first-order valence-electron chi connectivity index (χ1n) is 5.62. The molecule has 0 radical (unpaired) electrons. The molecule has 1 heterocycles. The Kier molecular flexibility index (Phi) is 3.44. The van der Waals surface area contributed by atoms with E-state index in [1.165, 1.54) is 0 Å². The van der Waals surface area contributed by atoms with Crippen LogP contribution in [0.15, 0.2) is 30.3 Å². The smallest absolute Gasteiger partial charge is 0.119 e. The second-order valence-electron chi connectivity index (χ2n) is 3.92. The Hall–Kier alpha value is -1.81. The highest BCUT2D eigenvalue weighted by Gasteiger charge is 2.07. The predicted octanol–water partition coefficient (Wildman–Crippen LogP) is 1.60. The van der Waals surface area contributed by atoms with Gasteiger partial charge in [-0.2, -0.15) is 5.10 Å². The molecular weight excluding hydrogens is 214 g/mol. The van der Waals surface area contributed by atoms with Crippen molar-refractivity contribution in [3.63, 3.8) is 0 Å². The molecule has 1 aromatic heterocycles. The Bertz CT molecular complexity index is 505. The normalized spacial score (nSPS) is 10.5. The van der Waals surface area contributed by atoms with Gasteiger partial charge in [0.25, 0.3) is 0 Å². The molecule has 0 aliphatic carbocycles. The third-order valence-electron chi connectivity index (χ3n) is 2.74. The van der Waals surface area contributed by atoms with Crippen molar-refractivity contribution in [3.05, 3.63) is 36.0 Å². The van der Waals surface area contributed by atoms with Crippen LogP contribution in [0.4, 0.5) is 0 Å². The summed E-state index contributed by atoms with van der Waals surface area (Å²) in [5, 5.41) is 4.48. The summed E-state index contributed by atoms with van der Waals surface area (Å²) in [4.78, 5) is 0. The molecule has 4 heteroatoms. The highest BCUT2D eigenvalue weighted by atomic mass is 16.5. The van der Waals surface area contributed by atoms with E-state index in [1.807, 2.05) is 36.0 Å². The van der Waals surface area contributed by atoms with Gasteiger partial charge in [0.05, 0.1) is 12.8 Å². The molecule has 0 spiro atoms. The number of ether oxygens (including phenoxy) is 1. The van der Waals surface area contributed by atoms with E-state index < -0.39 is 0 Å². The fourth-order valence-corrected chi connectivity index (χ4v) is 1.81. The average molecular weight is 231 g/mol. The van der Waals surface area contributed by atoms with Crippen molar-refractivity contribution < 1.29 is 4.74 Å². The van der Waals surface area contributed by atoms with Crippen LogP contribution in [0.5, 0.6) is 5.75 Å². The third kappa shape index (κ3) is 2.47. The summed E-state index contributed by atoms with van der Waals surface area (Å²) in [7, 11) is 3.60. The van der Waals surface area contributed by atoms with Gasteiger partial charge in [-0.1, -0.05) is 12.1 Å². The van der Waals surface area contributed by atoms with Gasteiger partial charge >= 0.3 is 0 Å². The zero-order chi connectivity index (χ0) is 12.3. The Labute approximate surface area is 101 Å². The van der Waals surface area contributed by atoms with Gasteiger partial charge in [0, 0.05) is 24.7 Å². The van der Waals surface area contributed by atoms with Crippen molar-refractivity contribution in [1.82, 2.24) is 9.78 Å². The molecule has 90 valence electrons. The highest BCUT2D eigenvalue weighted by molar-refractivity contribution is 5.61. The number of aryl methyl sites for hydroxylation is 1. The first kappa shape index (κ1) is 11.7. The van der Waals surface area contributed by atoms with Crippen molar-refractivity contribution >= 4 is 0 Å². The van der Waals surface area contributed by atoms with Gasteiger partial charge in [0.1, 0.15) is 5.75 Å². The first-order valence-corrected chi connectivity index (χ1v) is 5.62. The number of hydrogen-bond acceptors (Lipinski definition) is 3. The lowest BCUT2D eigenvalue weighted by atomic mass is 10.1. The lowest BCUT2D eigenvalue weighted by Gasteiger charge is -2.01. The van der Waals surface area contributed by atoms with Gasteiger partial charge in [0.2, 0.25) is 0 Å². The van der Waals surface area contributed by atoms with Crippen LogP contribution < -0.4 is 10.5 Å². The largest absolute Gasteiger partial charge is 0.497 e. The van der Waals surface area contributed by atoms with Crippen molar-refractivity contribution in [1.29, 1.82) is 0 Å². The van der Waals surface area contributed by atoms with E-state index in [0.29, 0.717) is 6.54 Å². The standard InChI is InChI=1S/C13H17N3O/c1-16-11(6-7-14)9-13(15-16)10-4-3-5-12(8-10)17-2/h3-5,8-9H,6-7,14H2,1-2H3. The van der Waals surface area contributed by atoms with Crippen molar-refractivity contribution in [2.24, 2.45) is 12.8 Å². The summed E-state index contributed by atoms with van der Waals surface area (Å²) >= 11 is 0. The number of methoxy groups -OCH3 is 1. The summed E-state index contributed by atoms with van der Waals surface area (Å²) in [6.45, 7) is 0.636. The second-order valence-corrected chi connectivity index (χ2v) is 3.92. The summed E-state index contributed by atoms with van der Waals surface area (Å²) in [6, 6.07) is 9.96. The number of nitrogens with zero attached hydrogens (tertiary/aromatic N) is 2. The molecule has 0 aliphatic heterocycles. The molecule has 0 aliphatic rings. The number of aromatic nitrogens is 2. The molecule has 0 saturated heterocycles. The van der Waals surface area contributed by atoms with Crippen LogP contribution in [0.25, 0.3) is 11.3 Å². The number of rotatable bonds is 4. The Morgan fingerprint density at radius 2 is 2.18 bits per heavy atom. The quantitative estimate of drug-likeness (QED) is 0.869. The molecule has 2 aromatic rings. The predicted molar refractivity (Wildman–Crippen MR) is 68.0 cm³/mol. The summed E-state index contributed by atoms with van der Waals surface area (Å²) < 4.78 is 7.08. The minimum absolute atomic E-state index is 0.636. The van der Waals surface area contributed by atoms with Gasteiger partial charge in [-0.05, 0) is 24.7 Å². The molecular formula is C13H17N3O. The summed E-state index contributed by atoms with van der Waals surface area (Å²) in [6.07, 6.45) is 0.841. The highest BCUT2D eigenvalue weighted by Crippen LogP contribution is 2.23. The zero-order valence-electron chi connectivity index (χ0n) is 10.2. The van der Waals surface area contributed by atoms with E-state index in [1.54, 1.807) is 7.11 Å². The first-order chi connectivity index (χ1) is 8.24. The van der Waals surface area contributed by atoms with Crippen LogP contribution in [-0.4, -0.2) is 23.4 Å². The maximum absolute atomic E-state index is 5.56. The molecule has 17 heavy (non-hydrogen) atoms. The molecule has 0 atom stereocenters. The Morgan fingerprint density at radius 1 is 1.35 bits per heavy atom. The van der Waals surface area contributed by atoms with Crippen LogP contribution in [0.1, 0.15) is 5.69 Å². The van der Waals surface area contributed by atoms with E-state index >= 15 is 0 Å². The molecule has 0 amide bonds. The average Bonchev–Trinajstić information content (AvgIpc) is 2.72. The van der Waals surface area contributed by atoms with Crippen LogP contribution in [0.3, 0.4) is 0 Å². The molecule has 0 fully saturated rings. The SMILES string of the molecule is COc1cccc(-c2cc(CCN)n(C)n2)c1. The molecule has 0 unspecified atom stereocenters. The van der Waals surface area contributed by atoms with Crippen LogP contribution >= 0.6 is 0 Å². The molecule has 2 N–H and O–H groups in total. The van der Waals surface area contributed by atoms with Gasteiger partial charge in [-0.15, -0.1) is 0 Å². The van der Waals surface area contributed by atoms with Crippen LogP contribution in [-0.2, 0) is 13.5 Å². The van der Waals surface area contributed by atoms with Gasteiger partial charge in [-0.25, -0.2) is 0 Å². The van der Waals surface area contributed by atoms with Crippen molar-refractivity contribution in [2.75, 3.05) is 13.7 Å². The lowest BCUT2D eigenvalue weighted by molar-refractivity contribution is 0.415. The Balaban J connectivity index is 2.35. The molecule has 0 saturated carbocycles. The molecule has 4 nitrogen and oxygen atoms in total.